The number of carbonyl (C=O) groups excluding carboxylic acids is 1. The first kappa shape index (κ1) is 14.8. The first-order valence-electron chi connectivity index (χ1n) is 5.22. The fourth-order valence-electron chi connectivity index (χ4n) is 0.905. The van der Waals surface area contributed by atoms with Crippen LogP contribution >= 0.6 is 0 Å². The summed E-state index contributed by atoms with van der Waals surface area (Å²) in [6.07, 6.45) is -0.327. The van der Waals surface area contributed by atoms with Crippen molar-refractivity contribution in [1.29, 1.82) is 0 Å². The van der Waals surface area contributed by atoms with Gasteiger partial charge < -0.3 is 19.3 Å². The quantitative estimate of drug-likeness (QED) is 0.616. The highest BCUT2D eigenvalue weighted by molar-refractivity contribution is 5.67. The van der Waals surface area contributed by atoms with E-state index in [0.717, 1.165) is 12.2 Å². The molecule has 5 heteroatoms. The summed E-state index contributed by atoms with van der Waals surface area (Å²) in [5, 5.41) is 0. The molecular weight excluding hydrogens is 208 g/mol. The number of nitrogens with zero attached hydrogens (tertiary/aromatic N) is 2. The maximum Gasteiger partial charge on any atom is 0.409 e. The van der Waals surface area contributed by atoms with Gasteiger partial charge >= 0.3 is 6.09 Å². The van der Waals surface area contributed by atoms with E-state index in [1.165, 1.54) is 4.90 Å². The summed E-state index contributed by atoms with van der Waals surface area (Å²) < 4.78 is 9.74. The fourth-order valence-corrected chi connectivity index (χ4v) is 0.905. The van der Waals surface area contributed by atoms with Gasteiger partial charge in [-0.05, 0) is 6.92 Å². The van der Waals surface area contributed by atoms with Gasteiger partial charge in [0.15, 0.2) is 0 Å². The third-order valence-corrected chi connectivity index (χ3v) is 2.25. The molecule has 94 valence electrons. The van der Waals surface area contributed by atoms with E-state index in [9.17, 15) is 4.79 Å². The van der Waals surface area contributed by atoms with Gasteiger partial charge in [-0.1, -0.05) is 6.58 Å². The first-order chi connectivity index (χ1) is 7.49. The summed E-state index contributed by atoms with van der Waals surface area (Å²) in [5.74, 6) is 0. The number of amides is 1. The van der Waals surface area contributed by atoms with Crippen LogP contribution in [0.5, 0.6) is 0 Å². The van der Waals surface area contributed by atoms with Crippen molar-refractivity contribution in [2.75, 3.05) is 47.5 Å². The Morgan fingerprint density at radius 2 is 1.75 bits per heavy atom. The molecule has 0 aromatic rings. The predicted octanol–water partition coefficient (Wildman–Crippen LogP) is 1.17. The second-order valence-electron chi connectivity index (χ2n) is 3.69. The van der Waals surface area contributed by atoms with Crippen LogP contribution in [0.4, 0.5) is 4.79 Å². The number of carbonyl (C=O) groups is 1. The zero-order valence-electron chi connectivity index (χ0n) is 10.7. The van der Waals surface area contributed by atoms with Gasteiger partial charge in [0, 0.05) is 40.0 Å². The molecule has 16 heavy (non-hydrogen) atoms. The minimum absolute atomic E-state index is 0.288. The Labute approximate surface area is 97.6 Å². The zero-order chi connectivity index (χ0) is 12.6. The molecule has 0 atom stereocenters. The largest absolute Gasteiger partial charge is 0.447 e. The van der Waals surface area contributed by atoms with Crippen LogP contribution in [-0.4, -0.2) is 63.4 Å². The van der Waals surface area contributed by atoms with Crippen molar-refractivity contribution in [2.45, 2.75) is 6.92 Å². The van der Waals surface area contributed by atoms with Crippen LogP contribution in [-0.2, 0) is 9.47 Å². The summed E-state index contributed by atoms with van der Waals surface area (Å²) in [6.45, 7) is 7.80. The second-order valence-corrected chi connectivity index (χ2v) is 3.69. The van der Waals surface area contributed by atoms with Crippen LogP contribution < -0.4 is 0 Å². The van der Waals surface area contributed by atoms with Gasteiger partial charge in [-0.15, -0.1) is 0 Å². The summed E-state index contributed by atoms with van der Waals surface area (Å²) in [6, 6.07) is 0. The Hall–Kier alpha value is -1.23. The number of hydrogen-bond acceptors (Lipinski definition) is 4. The monoisotopic (exact) mass is 230 g/mol. The Balaban J connectivity index is 3.74. The molecule has 0 aliphatic carbocycles. The molecule has 0 unspecified atom stereocenters. The number of rotatable bonds is 7. The van der Waals surface area contributed by atoms with Crippen LogP contribution in [0.25, 0.3) is 0 Å². The average Bonchev–Trinajstić information content (AvgIpc) is 2.25. The third-order valence-electron chi connectivity index (χ3n) is 2.25. The lowest BCUT2D eigenvalue weighted by molar-refractivity contribution is 0.0761. The van der Waals surface area contributed by atoms with Crippen molar-refractivity contribution in [1.82, 2.24) is 9.80 Å². The van der Waals surface area contributed by atoms with Gasteiger partial charge in [0.05, 0.1) is 6.61 Å². The van der Waals surface area contributed by atoms with Crippen molar-refractivity contribution in [2.24, 2.45) is 0 Å². The van der Waals surface area contributed by atoms with E-state index >= 15 is 0 Å². The van der Waals surface area contributed by atoms with E-state index in [-0.39, 0.29) is 12.7 Å². The van der Waals surface area contributed by atoms with Gasteiger partial charge in [0.1, 0.15) is 6.61 Å². The van der Waals surface area contributed by atoms with Crippen LogP contribution in [0.1, 0.15) is 6.92 Å². The van der Waals surface area contributed by atoms with E-state index in [4.69, 9.17) is 9.47 Å². The Morgan fingerprint density at radius 1 is 1.19 bits per heavy atom. The SMILES string of the molecule is C=C(C)N(C)CCN(C)C(=O)OCCOC. The van der Waals surface area contributed by atoms with Gasteiger partial charge in [-0.3, -0.25) is 0 Å². The van der Waals surface area contributed by atoms with Gasteiger partial charge in [0.2, 0.25) is 0 Å². The topological polar surface area (TPSA) is 42.0 Å². The third kappa shape index (κ3) is 6.29. The molecule has 0 saturated heterocycles. The van der Waals surface area contributed by atoms with Gasteiger partial charge in [-0.25, -0.2) is 4.79 Å². The Morgan fingerprint density at radius 3 is 2.25 bits per heavy atom. The summed E-state index contributed by atoms with van der Waals surface area (Å²) in [7, 11) is 5.22. The van der Waals surface area contributed by atoms with Crippen molar-refractivity contribution < 1.29 is 14.3 Å². The number of allylic oxidation sites excluding steroid dienone is 1. The van der Waals surface area contributed by atoms with E-state index in [1.54, 1.807) is 14.2 Å². The molecule has 0 spiro atoms. The molecule has 1 amide bonds. The van der Waals surface area contributed by atoms with Crippen LogP contribution in [0.3, 0.4) is 0 Å². The first-order valence-corrected chi connectivity index (χ1v) is 5.22. The van der Waals surface area contributed by atoms with Crippen molar-refractivity contribution in [3.63, 3.8) is 0 Å². The summed E-state index contributed by atoms with van der Waals surface area (Å²) >= 11 is 0. The van der Waals surface area contributed by atoms with Crippen molar-refractivity contribution >= 4 is 6.09 Å². The molecule has 0 aromatic heterocycles. The molecule has 0 aliphatic rings. The van der Waals surface area contributed by atoms with Gasteiger partial charge in [0.25, 0.3) is 0 Å². The summed E-state index contributed by atoms with van der Waals surface area (Å²) in [5.41, 5.74) is 0.973. The van der Waals surface area contributed by atoms with Crippen molar-refractivity contribution in [3.05, 3.63) is 12.3 Å². The molecule has 0 saturated carbocycles. The Kier molecular flexibility index (Phi) is 7.37. The smallest absolute Gasteiger partial charge is 0.409 e. The average molecular weight is 230 g/mol. The molecule has 0 radical (unpaired) electrons. The molecule has 0 aromatic carbocycles. The fraction of sp³-hybridized carbons (Fsp3) is 0.727. The number of hydrogen-bond donors (Lipinski definition) is 0. The highest BCUT2D eigenvalue weighted by atomic mass is 16.6. The van der Waals surface area contributed by atoms with Crippen LogP contribution in [0, 0.1) is 0 Å². The zero-order valence-corrected chi connectivity index (χ0v) is 10.7. The number of ether oxygens (including phenoxy) is 2. The molecule has 0 N–H and O–H groups in total. The molecule has 0 fully saturated rings. The molecule has 5 nitrogen and oxygen atoms in total. The number of methoxy groups -OCH3 is 1. The molecule has 0 bridgehead atoms. The van der Waals surface area contributed by atoms with Crippen LogP contribution in [0.15, 0.2) is 12.3 Å². The van der Waals surface area contributed by atoms with E-state index in [2.05, 4.69) is 6.58 Å². The lowest BCUT2D eigenvalue weighted by Crippen LogP contribution is -2.34. The van der Waals surface area contributed by atoms with Crippen LogP contribution in [0.2, 0.25) is 0 Å². The predicted molar refractivity (Wildman–Crippen MR) is 63.3 cm³/mol. The molecule has 0 rings (SSSR count). The van der Waals surface area contributed by atoms with E-state index in [0.29, 0.717) is 13.2 Å². The maximum atomic E-state index is 11.4. The highest BCUT2D eigenvalue weighted by Gasteiger charge is 2.10. The minimum Gasteiger partial charge on any atom is -0.447 e. The Bertz CT molecular complexity index is 231. The maximum absolute atomic E-state index is 11.4. The molecular formula is C11H22N2O3. The molecule has 0 heterocycles. The van der Waals surface area contributed by atoms with E-state index < -0.39 is 0 Å². The minimum atomic E-state index is -0.327. The highest BCUT2D eigenvalue weighted by Crippen LogP contribution is 1.97. The second kappa shape index (κ2) is 7.98. The number of likely N-dealkylation sites (N-methyl/N-ethyl adjacent to an activating group) is 2. The van der Waals surface area contributed by atoms with Gasteiger partial charge in [-0.2, -0.15) is 0 Å². The van der Waals surface area contributed by atoms with Crippen molar-refractivity contribution in [3.8, 4) is 0 Å². The summed E-state index contributed by atoms with van der Waals surface area (Å²) in [4.78, 5) is 14.9. The normalized spacial score (nSPS) is 9.75. The lowest BCUT2D eigenvalue weighted by Gasteiger charge is -2.23. The van der Waals surface area contributed by atoms with E-state index in [1.807, 2.05) is 18.9 Å². The molecule has 0 aliphatic heterocycles. The standard InChI is InChI=1S/C11H22N2O3/c1-10(2)12(3)6-7-13(4)11(14)16-9-8-15-5/h1,6-9H2,2-5H3. The lowest BCUT2D eigenvalue weighted by atomic mass is 10.4.